The van der Waals surface area contributed by atoms with Gasteiger partial charge >= 0.3 is 6.03 Å². The molecule has 2 rings (SSSR count). The third-order valence-electron chi connectivity index (χ3n) is 2.46. The fourth-order valence-corrected chi connectivity index (χ4v) is 1.77. The van der Waals surface area contributed by atoms with Crippen molar-refractivity contribution in [3.63, 3.8) is 0 Å². The minimum absolute atomic E-state index is 0.268. The predicted molar refractivity (Wildman–Crippen MR) is 81.2 cm³/mol. The molecule has 2 aromatic rings. The topological polar surface area (TPSA) is 66.0 Å². The summed E-state index contributed by atoms with van der Waals surface area (Å²) in [4.78, 5) is 15.7. The molecule has 1 heterocycles. The Balaban J connectivity index is 1.68. The molecular weight excluding hydrogens is 276 g/mol. The number of nitrogens with one attached hydrogen (secondary N) is 3. The van der Waals surface area contributed by atoms with Gasteiger partial charge in [-0.1, -0.05) is 23.7 Å². The van der Waals surface area contributed by atoms with Crippen LogP contribution in [0.1, 0.15) is 0 Å². The Morgan fingerprint density at radius 1 is 1.15 bits per heavy atom. The van der Waals surface area contributed by atoms with Crippen LogP contribution in [0.3, 0.4) is 0 Å². The Kier molecular flexibility index (Phi) is 5.20. The third-order valence-corrected chi connectivity index (χ3v) is 2.70. The van der Waals surface area contributed by atoms with Gasteiger partial charge in [0.25, 0.3) is 0 Å². The number of amides is 2. The molecule has 0 atom stereocenters. The van der Waals surface area contributed by atoms with Crippen molar-refractivity contribution in [1.82, 2.24) is 10.3 Å². The van der Waals surface area contributed by atoms with Gasteiger partial charge in [0.1, 0.15) is 5.82 Å². The zero-order chi connectivity index (χ0) is 14.2. The maximum absolute atomic E-state index is 11.6. The molecule has 0 saturated heterocycles. The lowest BCUT2D eigenvalue weighted by molar-refractivity contribution is 0.252. The van der Waals surface area contributed by atoms with E-state index in [1.54, 1.807) is 30.5 Å². The van der Waals surface area contributed by atoms with Crippen molar-refractivity contribution in [2.45, 2.75) is 0 Å². The standard InChI is InChI=1S/C14H15ClN4O/c15-11-4-3-5-12(10-11)19-14(20)18-9-8-17-13-6-1-2-7-16-13/h1-7,10H,8-9H2,(H,16,17)(H2,18,19,20). The van der Waals surface area contributed by atoms with Crippen LogP contribution in [0.15, 0.2) is 48.7 Å². The predicted octanol–water partition coefficient (Wildman–Crippen LogP) is 2.97. The maximum Gasteiger partial charge on any atom is 0.319 e. The van der Waals surface area contributed by atoms with Gasteiger partial charge in [-0.25, -0.2) is 9.78 Å². The number of halogens is 1. The van der Waals surface area contributed by atoms with Crippen LogP contribution in [0.25, 0.3) is 0 Å². The van der Waals surface area contributed by atoms with Crippen LogP contribution < -0.4 is 16.0 Å². The monoisotopic (exact) mass is 290 g/mol. The van der Waals surface area contributed by atoms with Gasteiger partial charge in [0.15, 0.2) is 0 Å². The van der Waals surface area contributed by atoms with Crippen LogP contribution in [0.2, 0.25) is 5.02 Å². The lowest BCUT2D eigenvalue weighted by atomic mass is 10.3. The average molecular weight is 291 g/mol. The molecule has 0 aliphatic rings. The van der Waals surface area contributed by atoms with Crippen molar-refractivity contribution >= 4 is 29.1 Å². The van der Waals surface area contributed by atoms with E-state index in [0.717, 1.165) is 5.82 Å². The van der Waals surface area contributed by atoms with Crippen molar-refractivity contribution in [1.29, 1.82) is 0 Å². The van der Waals surface area contributed by atoms with Crippen LogP contribution >= 0.6 is 11.6 Å². The fourth-order valence-electron chi connectivity index (χ4n) is 1.58. The minimum Gasteiger partial charge on any atom is -0.368 e. The Morgan fingerprint density at radius 2 is 2.05 bits per heavy atom. The normalized spacial score (nSPS) is 9.85. The van der Waals surface area contributed by atoms with Crippen molar-refractivity contribution in [3.05, 3.63) is 53.7 Å². The molecule has 20 heavy (non-hydrogen) atoms. The maximum atomic E-state index is 11.6. The SMILES string of the molecule is O=C(NCCNc1ccccn1)Nc1cccc(Cl)c1. The smallest absolute Gasteiger partial charge is 0.319 e. The summed E-state index contributed by atoms with van der Waals surface area (Å²) in [6, 6.07) is 12.3. The molecule has 0 aliphatic heterocycles. The van der Waals surface area contributed by atoms with E-state index in [-0.39, 0.29) is 6.03 Å². The van der Waals surface area contributed by atoms with Crippen molar-refractivity contribution in [3.8, 4) is 0 Å². The average Bonchev–Trinajstić information content (AvgIpc) is 2.45. The number of hydrogen-bond acceptors (Lipinski definition) is 3. The zero-order valence-corrected chi connectivity index (χ0v) is 11.5. The van der Waals surface area contributed by atoms with Crippen LogP contribution in [-0.4, -0.2) is 24.1 Å². The van der Waals surface area contributed by atoms with Crippen molar-refractivity contribution in [2.75, 3.05) is 23.7 Å². The molecule has 5 nitrogen and oxygen atoms in total. The summed E-state index contributed by atoms with van der Waals surface area (Å²) in [5.41, 5.74) is 0.660. The Labute approximate surface area is 122 Å². The number of benzene rings is 1. The van der Waals surface area contributed by atoms with E-state index in [2.05, 4.69) is 20.9 Å². The van der Waals surface area contributed by atoms with Gasteiger partial charge in [0.05, 0.1) is 0 Å². The van der Waals surface area contributed by atoms with Gasteiger partial charge in [0.2, 0.25) is 0 Å². The van der Waals surface area contributed by atoms with Gasteiger partial charge in [0, 0.05) is 30.0 Å². The number of hydrogen-bond donors (Lipinski definition) is 3. The third kappa shape index (κ3) is 4.78. The molecule has 0 aliphatic carbocycles. The first-order valence-corrected chi connectivity index (χ1v) is 6.57. The number of anilines is 2. The van der Waals surface area contributed by atoms with Gasteiger partial charge in [-0.15, -0.1) is 0 Å². The highest BCUT2D eigenvalue weighted by Gasteiger charge is 2.01. The second kappa shape index (κ2) is 7.35. The Morgan fingerprint density at radius 3 is 2.80 bits per heavy atom. The van der Waals surface area contributed by atoms with E-state index in [9.17, 15) is 4.79 Å². The quantitative estimate of drug-likeness (QED) is 0.742. The summed E-state index contributed by atoms with van der Waals surface area (Å²) in [6.45, 7) is 1.09. The molecule has 104 valence electrons. The van der Waals surface area contributed by atoms with Gasteiger partial charge < -0.3 is 16.0 Å². The number of nitrogens with zero attached hydrogens (tertiary/aromatic N) is 1. The van der Waals surface area contributed by atoms with Crippen LogP contribution in [-0.2, 0) is 0 Å². The molecular formula is C14H15ClN4O. The van der Waals surface area contributed by atoms with E-state index in [4.69, 9.17) is 11.6 Å². The van der Waals surface area contributed by atoms with Crippen LogP contribution in [0, 0.1) is 0 Å². The van der Waals surface area contributed by atoms with Crippen molar-refractivity contribution in [2.24, 2.45) is 0 Å². The minimum atomic E-state index is -0.268. The summed E-state index contributed by atoms with van der Waals surface area (Å²) >= 11 is 5.83. The lowest BCUT2D eigenvalue weighted by Crippen LogP contribution is -2.32. The summed E-state index contributed by atoms with van der Waals surface area (Å²) in [6.07, 6.45) is 1.71. The number of rotatable bonds is 5. The van der Waals surface area contributed by atoms with E-state index >= 15 is 0 Å². The summed E-state index contributed by atoms with van der Waals surface area (Å²) in [5.74, 6) is 0.782. The number of carbonyl (C=O) groups is 1. The number of carbonyl (C=O) groups excluding carboxylic acids is 1. The largest absolute Gasteiger partial charge is 0.368 e. The highest BCUT2D eigenvalue weighted by atomic mass is 35.5. The molecule has 6 heteroatoms. The van der Waals surface area contributed by atoms with Gasteiger partial charge in [-0.05, 0) is 30.3 Å². The fraction of sp³-hybridized carbons (Fsp3) is 0.143. The molecule has 0 radical (unpaired) electrons. The number of urea groups is 1. The highest BCUT2D eigenvalue weighted by Crippen LogP contribution is 2.14. The van der Waals surface area contributed by atoms with E-state index < -0.39 is 0 Å². The lowest BCUT2D eigenvalue weighted by Gasteiger charge is -2.09. The first-order valence-electron chi connectivity index (χ1n) is 6.19. The molecule has 0 bridgehead atoms. The second-order valence-corrected chi connectivity index (χ2v) is 4.47. The first kappa shape index (κ1) is 14.1. The molecule has 1 aromatic carbocycles. The Hall–Kier alpha value is -2.27. The van der Waals surface area contributed by atoms with Crippen LogP contribution in [0.4, 0.5) is 16.3 Å². The van der Waals surface area contributed by atoms with E-state index in [1.807, 2.05) is 18.2 Å². The van der Waals surface area contributed by atoms with E-state index in [1.165, 1.54) is 0 Å². The van der Waals surface area contributed by atoms with Crippen LogP contribution in [0.5, 0.6) is 0 Å². The highest BCUT2D eigenvalue weighted by molar-refractivity contribution is 6.30. The summed E-state index contributed by atoms with van der Waals surface area (Å²) in [5, 5.41) is 9.12. The zero-order valence-electron chi connectivity index (χ0n) is 10.8. The summed E-state index contributed by atoms with van der Waals surface area (Å²) in [7, 11) is 0. The Bertz CT molecular complexity index is 562. The van der Waals surface area contributed by atoms with Crippen molar-refractivity contribution < 1.29 is 4.79 Å². The van der Waals surface area contributed by atoms with Gasteiger partial charge in [-0.2, -0.15) is 0 Å². The molecule has 0 spiro atoms. The van der Waals surface area contributed by atoms with Gasteiger partial charge in [-0.3, -0.25) is 0 Å². The second-order valence-electron chi connectivity index (χ2n) is 4.03. The molecule has 0 fully saturated rings. The molecule has 1 aromatic heterocycles. The number of aromatic nitrogens is 1. The molecule has 0 saturated carbocycles. The summed E-state index contributed by atoms with van der Waals surface area (Å²) < 4.78 is 0. The van der Waals surface area contributed by atoms with E-state index in [0.29, 0.717) is 23.8 Å². The molecule has 0 unspecified atom stereocenters. The number of pyridine rings is 1. The first-order chi connectivity index (χ1) is 9.74. The molecule has 2 amide bonds. The molecule has 3 N–H and O–H groups in total.